The van der Waals surface area contributed by atoms with Crippen LogP contribution < -0.4 is 15.4 Å². The highest BCUT2D eigenvalue weighted by molar-refractivity contribution is 6.01. The van der Waals surface area contributed by atoms with Crippen LogP contribution in [0.3, 0.4) is 0 Å². The fourth-order valence-corrected chi connectivity index (χ4v) is 4.91. The third kappa shape index (κ3) is 3.66. The first-order valence-electron chi connectivity index (χ1n) is 11.1. The Hall–Kier alpha value is -3.53. The van der Waals surface area contributed by atoms with Gasteiger partial charge in [-0.25, -0.2) is 0 Å². The van der Waals surface area contributed by atoms with Gasteiger partial charge >= 0.3 is 0 Å². The fraction of sp³-hybridized carbons (Fsp3) is 0.250. The number of rotatable bonds is 3. The van der Waals surface area contributed by atoms with Crippen LogP contribution in [0.25, 0.3) is 0 Å². The predicted molar refractivity (Wildman–Crippen MR) is 129 cm³/mol. The van der Waals surface area contributed by atoms with Crippen LogP contribution in [-0.4, -0.2) is 12.9 Å². The summed E-state index contributed by atoms with van der Waals surface area (Å²) in [5.74, 6) is 1.17. The number of methoxy groups -OCH3 is 1. The molecule has 1 aliphatic carbocycles. The Morgan fingerprint density at radius 3 is 2.41 bits per heavy atom. The molecule has 4 nitrogen and oxygen atoms in total. The molecule has 1 heterocycles. The van der Waals surface area contributed by atoms with Crippen molar-refractivity contribution in [2.24, 2.45) is 0 Å². The van der Waals surface area contributed by atoms with Crippen molar-refractivity contribution >= 4 is 17.2 Å². The number of Topliss-reactive ketones (excluding diaryl/α,β-unsaturated/α-hetero) is 1. The standard InChI is InChI=1S/C28H28N2O2/c1-17-8-9-18(2)22(14-17)28-27-25(29-23-6-4-5-7-24(23)30-28)15-20(16-26(27)31)19-10-12-21(32-3)13-11-19/h4-14,20,28-30H,15-16H2,1-3H3/t20-,28+/m0/s1. The number of hydrogen-bond acceptors (Lipinski definition) is 4. The number of anilines is 2. The molecule has 1 aliphatic heterocycles. The van der Waals surface area contributed by atoms with E-state index in [2.05, 4.69) is 66.9 Å². The zero-order valence-electron chi connectivity index (χ0n) is 18.7. The van der Waals surface area contributed by atoms with Gasteiger partial charge in [-0.1, -0.05) is 48.0 Å². The Morgan fingerprint density at radius 1 is 0.906 bits per heavy atom. The van der Waals surface area contributed by atoms with E-state index in [0.717, 1.165) is 40.4 Å². The Morgan fingerprint density at radius 2 is 1.66 bits per heavy atom. The first kappa shape index (κ1) is 20.4. The van der Waals surface area contributed by atoms with Crippen LogP contribution in [0.4, 0.5) is 11.4 Å². The van der Waals surface area contributed by atoms with Crippen LogP contribution in [-0.2, 0) is 4.79 Å². The van der Waals surface area contributed by atoms with Crippen LogP contribution >= 0.6 is 0 Å². The Balaban J connectivity index is 1.61. The third-order valence-electron chi connectivity index (χ3n) is 6.64. The number of carbonyl (C=O) groups is 1. The van der Waals surface area contributed by atoms with Crippen LogP contribution in [0.15, 0.2) is 78.0 Å². The van der Waals surface area contributed by atoms with E-state index in [4.69, 9.17) is 4.74 Å². The van der Waals surface area contributed by atoms with Gasteiger partial charge in [0.05, 0.1) is 24.5 Å². The number of aryl methyl sites for hydroxylation is 2. The second-order valence-electron chi connectivity index (χ2n) is 8.80. The molecule has 0 amide bonds. The van der Waals surface area contributed by atoms with Crippen LogP contribution in [0, 0.1) is 13.8 Å². The second-order valence-corrected chi connectivity index (χ2v) is 8.80. The van der Waals surface area contributed by atoms with Crippen molar-refractivity contribution in [2.45, 2.75) is 38.6 Å². The van der Waals surface area contributed by atoms with Gasteiger partial charge in [-0.15, -0.1) is 0 Å². The van der Waals surface area contributed by atoms with E-state index >= 15 is 0 Å². The molecule has 5 rings (SSSR count). The smallest absolute Gasteiger partial charge is 0.163 e. The van der Waals surface area contributed by atoms with Gasteiger partial charge in [0, 0.05) is 17.7 Å². The van der Waals surface area contributed by atoms with E-state index in [-0.39, 0.29) is 17.7 Å². The number of fused-ring (bicyclic) bond motifs is 1. The summed E-state index contributed by atoms with van der Waals surface area (Å²) in [6, 6.07) is 22.6. The average Bonchev–Trinajstić information content (AvgIpc) is 2.97. The SMILES string of the molecule is COc1ccc([C@@H]2CC(=O)C3=C(C2)Nc2ccccc2N[C@@H]3c2cc(C)ccc2C)cc1. The Labute approximate surface area is 189 Å². The maximum atomic E-state index is 13.7. The normalized spacial score (nSPS) is 19.9. The van der Waals surface area contributed by atoms with Crippen LogP contribution in [0.5, 0.6) is 5.75 Å². The molecule has 2 N–H and O–H groups in total. The zero-order chi connectivity index (χ0) is 22.2. The van der Waals surface area contributed by atoms with Crippen LogP contribution in [0.2, 0.25) is 0 Å². The Bertz CT molecular complexity index is 1210. The molecule has 0 bridgehead atoms. The highest BCUT2D eigenvalue weighted by Gasteiger charge is 2.36. The summed E-state index contributed by atoms with van der Waals surface area (Å²) in [7, 11) is 1.67. The summed E-state index contributed by atoms with van der Waals surface area (Å²) in [5.41, 5.74) is 8.61. The molecule has 3 aromatic carbocycles. The molecule has 0 fully saturated rings. The van der Waals surface area contributed by atoms with E-state index in [0.29, 0.717) is 6.42 Å². The number of hydrogen-bond donors (Lipinski definition) is 2. The number of ketones is 1. The molecule has 0 unspecified atom stereocenters. The minimum Gasteiger partial charge on any atom is -0.497 e. The Kier molecular flexibility index (Phi) is 5.22. The largest absolute Gasteiger partial charge is 0.497 e. The van der Waals surface area contributed by atoms with Gasteiger partial charge in [0.2, 0.25) is 0 Å². The maximum absolute atomic E-state index is 13.7. The quantitative estimate of drug-likeness (QED) is 0.519. The number of benzene rings is 3. The molecule has 3 aromatic rings. The minimum atomic E-state index is -0.176. The van der Waals surface area contributed by atoms with Gasteiger partial charge in [0.15, 0.2) is 5.78 Å². The van der Waals surface area contributed by atoms with E-state index in [1.165, 1.54) is 16.7 Å². The molecule has 0 aromatic heterocycles. The van der Waals surface area contributed by atoms with Gasteiger partial charge in [-0.2, -0.15) is 0 Å². The highest BCUT2D eigenvalue weighted by atomic mass is 16.5. The van der Waals surface area contributed by atoms with Crippen molar-refractivity contribution in [2.75, 3.05) is 17.7 Å². The summed E-state index contributed by atoms with van der Waals surface area (Å²) in [6.45, 7) is 4.22. The summed E-state index contributed by atoms with van der Waals surface area (Å²) in [4.78, 5) is 13.7. The third-order valence-corrected chi connectivity index (χ3v) is 6.64. The van der Waals surface area contributed by atoms with Crippen molar-refractivity contribution in [3.05, 3.63) is 100 Å². The summed E-state index contributed by atoms with van der Waals surface area (Å²) >= 11 is 0. The molecular formula is C28H28N2O2. The summed E-state index contributed by atoms with van der Waals surface area (Å²) in [5, 5.41) is 7.30. The molecule has 2 atom stereocenters. The summed E-state index contributed by atoms with van der Waals surface area (Å²) in [6.07, 6.45) is 1.30. The van der Waals surface area contributed by atoms with E-state index in [9.17, 15) is 4.79 Å². The molecule has 2 aliphatic rings. The molecule has 162 valence electrons. The predicted octanol–water partition coefficient (Wildman–Crippen LogP) is 6.29. The number of ether oxygens (including phenoxy) is 1. The summed E-state index contributed by atoms with van der Waals surface area (Å²) < 4.78 is 5.31. The first-order chi connectivity index (χ1) is 15.5. The van der Waals surface area contributed by atoms with Crippen molar-refractivity contribution in [1.82, 2.24) is 0 Å². The van der Waals surface area contributed by atoms with Gasteiger partial charge in [-0.05, 0) is 67.1 Å². The average molecular weight is 425 g/mol. The number of carbonyl (C=O) groups excluding carboxylic acids is 1. The van der Waals surface area contributed by atoms with Gasteiger partial charge in [0.1, 0.15) is 5.75 Å². The first-order valence-corrected chi connectivity index (χ1v) is 11.1. The van der Waals surface area contributed by atoms with Gasteiger partial charge < -0.3 is 15.4 Å². The lowest BCUT2D eigenvalue weighted by Gasteiger charge is -2.30. The topological polar surface area (TPSA) is 50.4 Å². The molecular weight excluding hydrogens is 396 g/mol. The lowest BCUT2D eigenvalue weighted by Crippen LogP contribution is -2.27. The monoisotopic (exact) mass is 424 g/mol. The van der Waals surface area contributed by atoms with Gasteiger partial charge in [-0.3, -0.25) is 4.79 Å². The molecule has 0 saturated carbocycles. The van der Waals surface area contributed by atoms with Crippen molar-refractivity contribution in [3.63, 3.8) is 0 Å². The van der Waals surface area contributed by atoms with E-state index in [1.807, 2.05) is 24.3 Å². The number of allylic oxidation sites excluding steroid dienone is 1. The lowest BCUT2D eigenvalue weighted by atomic mass is 9.78. The molecule has 4 heteroatoms. The van der Waals surface area contributed by atoms with Crippen molar-refractivity contribution < 1.29 is 9.53 Å². The van der Waals surface area contributed by atoms with Gasteiger partial charge in [0.25, 0.3) is 0 Å². The molecule has 0 saturated heterocycles. The van der Waals surface area contributed by atoms with Crippen molar-refractivity contribution in [1.29, 1.82) is 0 Å². The lowest BCUT2D eigenvalue weighted by molar-refractivity contribution is -0.116. The maximum Gasteiger partial charge on any atom is 0.163 e. The number of nitrogens with one attached hydrogen (secondary N) is 2. The fourth-order valence-electron chi connectivity index (χ4n) is 4.91. The zero-order valence-corrected chi connectivity index (χ0v) is 18.7. The van der Waals surface area contributed by atoms with Crippen molar-refractivity contribution in [3.8, 4) is 5.75 Å². The van der Waals surface area contributed by atoms with E-state index in [1.54, 1.807) is 7.11 Å². The number of para-hydroxylation sites is 2. The molecule has 0 spiro atoms. The van der Waals surface area contributed by atoms with Crippen LogP contribution in [0.1, 0.15) is 47.1 Å². The minimum absolute atomic E-state index is 0.143. The van der Waals surface area contributed by atoms with E-state index < -0.39 is 0 Å². The second kappa shape index (κ2) is 8.19. The molecule has 32 heavy (non-hydrogen) atoms. The highest BCUT2D eigenvalue weighted by Crippen LogP contribution is 2.44. The molecule has 0 radical (unpaired) electrons.